The van der Waals surface area contributed by atoms with Gasteiger partial charge in [-0.05, 0) is 26.0 Å². The molecular weight excluding hydrogens is 451 g/mol. The van der Waals surface area contributed by atoms with Crippen molar-refractivity contribution in [1.82, 2.24) is 24.9 Å². The van der Waals surface area contributed by atoms with Gasteiger partial charge in [0, 0.05) is 24.6 Å². The van der Waals surface area contributed by atoms with E-state index >= 15 is 0 Å². The quantitative estimate of drug-likeness (QED) is 0.571. The number of hydrogen-bond acceptors (Lipinski definition) is 5. The number of nitrogens with one attached hydrogen (secondary N) is 2. The first kappa shape index (κ1) is 22.9. The molecular formula is C22H24ClFN6O3. The van der Waals surface area contributed by atoms with Crippen molar-refractivity contribution in [2.75, 3.05) is 25.0 Å². The fourth-order valence-electron chi connectivity index (χ4n) is 3.70. The van der Waals surface area contributed by atoms with Gasteiger partial charge in [0.2, 0.25) is 5.91 Å². The minimum atomic E-state index is -0.834. The van der Waals surface area contributed by atoms with E-state index in [0.717, 1.165) is 11.4 Å². The second-order valence-electron chi connectivity index (χ2n) is 7.79. The highest BCUT2D eigenvalue weighted by atomic mass is 35.5. The number of aromatic nitrogens is 4. The van der Waals surface area contributed by atoms with E-state index in [1.54, 1.807) is 33.8 Å². The van der Waals surface area contributed by atoms with Gasteiger partial charge in [0.15, 0.2) is 11.9 Å². The number of nitrogens with zero attached hydrogens (tertiary/aromatic N) is 4. The molecule has 1 aliphatic rings. The average Bonchev–Trinajstić information content (AvgIpc) is 3.37. The Bertz CT molecular complexity index is 1180. The summed E-state index contributed by atoms with van der Waals surface area (Å²) in [4.78, 5) is 27.0. The second kappa shape index (κ2) is 9.72. The molecule has 1 fully saturated rings. The monoisotopic (exact) mass is 474 g/mol. The van der Waals surface area contributed by atoms with Crippen LogP contribution in [0, 0.1) is 19.7 Å². The lowest BCUT2D eigenvalue weighted by Gasteiger charge is -2.32. The summed E-state index contributed by atoms with van der Waals surface area (Å²) < 4.78 is 21.2. The van der Waals surface area contributed by atoms with E-state index in [4.69, 9.17) is 16.3 Å². The summed E-state index contributed by atoms with van der Waals surface area (Å²) in [6, 6.07) is 7.81. The summed E-state index contributed by atoms with van der Waals surface area (Å²) in [6.45, 7) is 4.86. The number of ether oxygens (including phenoxy) is 1. The molecule has 2 N–H and O–H groups in total. The molecule has 1 atom stereocenters. The van der Waals surface area contributed by atoms with Gasteiger partial charge in [-0.3, -0.25) is 19.4 Å². The molecule has 1 aromatic carbocycles. The highest BCUT2D eigenvalue weighted by Crippen LogP contribution is 2.23. The summed E-state index contributed by atoms with van der Waals surface area (Å²) in [5.74, 6) is -0.677. The van der Waals surface area contributed by atoms with Gasteiger partial charge in [0.05, 0.1) is 41.8 Å². The zero-order valence-electron chi connectivity index (χ0n) is 18.3. The number of halogens is 2. The van der Waals surface area contributed by atoms with E-state index in [1.165, 1.54) is 6.07 Å². The van der Waals surface area contributed by atoms with E-state index in [0.29, 0.717) is 29.4 Å². The normalized spacial score (nSPS) is 16.1. The zero-order valence-corrected chi connectivity index (χ0v) is 19.0. The molecule has 9 nitrogen and oxygen atoms in total. The number of rotatable bonds is 6. The molecule has 1 saturated heterocycles. The summed E-state index contributed by atoms with van der Waals surface area (Å²) in [7, 11) is 0. The Kier molecular flexibility index (Phi) is 6.75. The van der Waals surface area contributed by atoms with Crippen LogP contribution in [0.5, 0.6) is 0 Å². The van der Waals surface area contributed by atoms with Crippen LogP contribution in [0.3, 0.4) is 0 Å². The number of aryl methyl sites for hydroxylation is 2. The number of benzene rings is 1. The van der Waals surface area contributed by atoms with Crippen molar-refractivity contribution in [1.29, 1.82) is 0 Å². The molecule has 0 spiro atoms. The van der Waals surface area contributed by atoms with Gasteiger partial charge in [-0.2, -0.15) is 10.2 Å². The van der Waals surface area contributed by atoms with Crippen molar-refractivity contribution in [3.63, 3.8) is 0 Å². The van der Waals surface area contributed by atoms with Crippen LogP contribution >= 0.6 is 11.6 Å². The molecule has 1 unspecified atom stereocenters. The van der Waals surface area contributed by atoms with Crippen LogP contribution in [0.15, 0.2) is 30.3 Å². The second-order valence-corrected chi connectivity index (χ2v) is 8.17. The molecule has 3 heterocycles. The number of hydrogen-bond donors (Lipinski definition) is 2. The fraction of sp³-hybridized carbons (Fsp3) is 0.364. The van der Waals surface area contributed by atoms with Gasteiger partial charge in [-0.25, -0.2) is 4.39 Å². The Hall–Kier alpha value is -3.24. The van der Waals surface area contributed by atoms with Crippen LogP contribution in [-0.2, 0) is 20.9 Å². The predicted octanol–water partition coefficient (Wildman–Crippen LogP) is 2.94. The molecule has 2 amide bonds. The summed E-state index contributed by atoms with van der Waals surface area (Å²) >= 11 is 6.16. The van der Waals surface area contributed by atoms with E-state index in [9.17, 15) is 14.0 Å². The molecule has 1 aliphatic heterocycles. The van der Waals surface area contributed by atoms with E-state index in [2.05, 4.69) is 20.6 Å². The van der Waals surface area contributed by atoms with Crippen LogP contribution in [0.2, 0.25) is 5.02 Å². The maximum Gasteiger partial charge on any atom is 0.256 e. The average molecular weight is 475 g/mol. The summed E-state index contributed by atoms with van der Waals surface area (Å²) in [5, 5.41) is 14.3. The van der Waals surface area contributed by atoms with Crippen molar-refractivity contribution in [3.05, 3.63) is 52.6 Å². The molecule has 2 aromatic heterocycles. The molecule has 0 radical (unpaired) electrons. The number of aromatic amines is 1. The van der Waals surface area contributed by atoms with Crippen molar-refractivity contribution in [2.24, 2.45) is 0 Å². The van der Waals surface area contributed by atoms with Crippen LogP contribution in [0.25, 0.3) is 11.3 Å². The SMILES string of the molecule is Cc1nn(CCC(=O)N2CCOC(C(=O)Nc3cc(-c4ccccc4F)[nH]n3)C2)c(C)c1Cl. The summed E-state index contributed by atoms with van der Waals surface area (Å²) in [5.41, 5.74) is 2.32. The molecule has 0 aliphatic carbocycles. The lowest BCUT2D eigenvalue weighted by molar-refractivity contribution is -0.144. The molecule has 3 aromatic rings. The Balaban J connectivity index is 1.33. The van der Waals surface area contributed by atoms with E-state index < -0.39 is 17.8 Å². The van der Waals surface area contributed by atoms with Gasteiger partial charge in [0.1, 0.15) is 5.82 Å². The fourth-order valence-corrected chi connectivity index (χ4v) is 3.83. The lowest BCUT2D eigenvalue weighted by atomic mass is 10.1. The molecule has 0 bridgehead atoms. The first-order valence-corrected chi connectivity index (χ1v) is 10.9. The van der Waals surface area contributed by atoms with Gasteiger partial charge < -0.3 is 15.0 Å². The highest BCUT2D eigenvalue weighted by molar-refractivity contribution is 6.31. The number of morpholine rings is 1. The van der Waals surface area contributed by atoms with Gasteiger partial charge >= 0.3 is 0 Å². The third-order valence-corrected chi connectivity index (χ3v) is 6.08. The number of amides is 2. The van der Waals surface area contributed by atoms with Gasteiger partial charge in [-0.1, -0.05) is 23.7 Å². The first-order valence-electron chi connectivity index (χ1n) is 10.5. The first-order chi connectivity index (χ1) is 15.8. The Morgan fingerprint density at radius 3 is 2.85 bits per heavy atom. The predicted molar refractivity (Wildman–Crippen MR) is 120 cm³/mol. The van der Waals surface area contributed by atoms with Crippen LogP contribution in [-0.4, -0.2) is 62.5 Å². The number of anilines is 1. The van der Waals surface area contributed by atoms with Crippen molar-refractivity contribution < 1.29 is 18.7 Å². The van der Waals surface area contributed by atoms with E-state index in [-0.39, 0.29) is 31.3 Å². The molecule has 0 saturated carbocycles. The minimum absolute atomic E-state index is 0.0959. The Labute approximate surface area is 194 Å². The third-order valence-electron chi connectivity index (χ3n) is 5.54. The standard InChI is InChI=1S/C22H24ClFN6O3/c1-13-21(23)14(2)30(28-13)8-7-20(31)29-9-10-33-18(12-29)22(32)25-19-11-17(26-27-19)15-5-3-4-6-16(15)24/h3-6,11,18H,7-10,12H2,1-2H3,(H2,25,26,27,32). The van der Waals surface area contributed by atoms with Crippen LogP contribution in [0.1, 0.15) is 17.8 Å². The Morgan fingerprint density at radius 2 is 2.12 bits per heavy atom. The maximum atomic E-state index is 14.0. The summed E-state index contributed by atoms with van der Waals surface area (Å²) in [6.07, 6.45) is -0.600. The van der Waals surface area contributed by atoms with E-state index in [1.807, 2.05) is 13.8 Å². The number of carbonyl (C=O) groups excluding carboxylic acids is 2. The molecule has 4 rings (SSSR count). The minimum Gasteiger partial charge on any atom is -0.365 e. The van der Waals surface area contributed by atoms with Crippen molar-refractivity contribution >= 4 is 29.2 Å². The topological polar surface area (TPSA) is 105 Å². The lowest BCUT2D eigenvalue weighted by Crippen LogP contribution is -2.50. The van der Waals surface area contributed by atoms with Gasteiger partial charge in [0.25, 0.3) is 5.91 Å². The smallest absolute Gasteiger partial charge is 0.256 e. The largest absolute Gasteiger partial charge is 0.365 e. The number of carbonyl (C=O) groups is 2. The van der Waals surface area contributed by atoms with Crippen LogP contribution in [0.4, 0.5) is 10.2 Å². The third kappa shape index (κ3) is 5.07. The Morgan fingerprint density at radius 1 is 1.33 bits per heavy atom. The number of H-pyrrole nitrogens is 1. The molecule has 174 valence electrons. The van der Waals surface area contributed by atoms with Crippen molar-refractivity contribution in [3.8, 4) is 11.3 Å². The highest BCUT2D eigenvalue weighted by Gasteiger charge is 2.29. The maximum absolute atomic E-state index is 14.0. The van der Waals surface area contributed by atoms with Crippen LogP contribution < -0.4 is 5.32 Å². The molecule has 33 heavy (non-hydrogen) atoms. The zero-order chi connectivity index (χ0) is 23.5. The molecule has 11 heteroatoms. The van der Waals surface area contributed by atoms with Crippen molar-refractivity contribution in [2.45, 2.75) is 32.9 Å². The van der Waals surface area contributed by atoms with Gasteiger partial charge in [-0.15, -0.1) is 0 Å².